The molecule has 110 valence electrons. The fraction of sp³-hybridized carbons (Fsp3) is 0.312. The zero-order valence-corrected chi connectivity index (χ0v) is 13.3. The third-order valence-electron chi connectivity index (χ3n) is 3.08. The quantitative estimate of drug-likeness (QED) is 0.678. The SMILES string of the molecule is CCc1ccc(NC(=O)[C@H](C)Sc2cc(C)ncn2)cc1. The molecule has 1 aromatic heterocycles. The normalized spacial score (nSPS) is 12.0. The summed E-state index contributed by atoms with van der Waals surface area (Å²) in [6.45, 7) is 5.89. The summed E-state index contributed by atoms with van der Waals surface area (Å²) in [5.41, 5.74) is 2.98. The zero-order valence-electron chi connectivity index (χ0n) is 12.5. The number of rotatable bonds is 5. The van der Waals surface area contributed by atoms with E-state index in [2.05, 4.69) is 22.2 Å². The molecule has 2 rings (SSSR count). The Balaban J connectivity index is 1.95. The Bertz CT molecular complexity index is 613. The van der Waals surface area contributed by atoms with Gasteiger partial charge in [-0.05, 0) is 44.0 Å². The lowest BCUT2D eigenvalue weighted by atomic mass is 10.1. The molecule has 1 atom stereocenters. The number of carbonyl (C=O) groups excluding carboxylic acids is 1. The molecule has 0 saturated carbocycles. The van der Waals surface area contributed by atoms with Crippen LogP contribution in [-0.2, 0) is 11.2 Å². The molecular formula is C16H19N3OS. The molecule has 0 fully saturated rings. The van der Waals surface area contributed by atoms with Crippen molar-refractivity contribution < 1.29 is 4.79 Å². The monoisotopic (exact) mass is 301 g/mol. The fourth-order valence-electron chi connectivity index (χ4n) is 1.80. The summed E-state index contributed by atoms with van der Waals surface area (Å²) in [5.74, 6) is -0.0273. The van der Waals surface area contributed by atoms with Crippen molar-refractivity contribution in [1.29, 1.82) is 0 Å². The van der Waals surface area contributed by atoms with Crippen molar-refractivity contribution in [3.63, 3.8) is 0 Å². The molecule has 0 radical (unpaired) electrons. The van der Waals surface area contributed by atoms with Gasteiger partial charge in [-0.1, -0.05) is 30.8 Å². The standard InChI is InChI=1S/C16H19N3OS/c1-4-13-5-7-14(8-6-13)19-16(20)12(3)21-15-9-11(2)17-10-18-15/h5-10,12H,4H2,1-3H3,(H,19,20)/t12-/m0/s1. The molecule has 0 unspecified atom stereocenters. The van der Waals surface area contributed by atoms with E-state index < -0.39 is 0 Å². The molecule has 1 N–H and O–H groups in total. The predicted octanol–water partition coefficient (Wildman–Crippen LogP) is 3.47. The fourth-order valence-corrected chi connectivity index (χ4v) is 2.67. The van der Waals surface area contributed by atoms with Gasteiger partial charge in [0.05, 0.1) is 5.25 Å². The van der Waals surface area contributed by atoms with Crippen LogP contribution in [-0.4, -0.2) is 21.1 Å². The Kier molecular flexibility index (Phi) is 5.33. The van der Waals surface area contributed by atoms with Crippen LogP contribution >= 0.6 is 11.8 Å². The van der Waals surface area contributed by atoms with Gasteiger partial charge >= 0.3 is 0 Å². The Labute approximate surface area is 129 Å². The molecule has 0 aliphatic carbocycles. The van der Waals surface area contributed by atoms with E-state index in [1.165, 1.54) is 23.7 Å². The van der Waals surface area contributed by atoms with Gasteiger partial charge in [0.2, 0.25) is 5.91 Å². The van der Waals surface area contributed by atoms with Crippen LogP contribution in [0, 0.1) is 6.92 Å². The van der Waals surface area contributed by atoms with Crippen molar-refractivity contribution in [3.05, 3.63) is 47.9 Å². The number of aromatic nitrogens is 2. The van der Waals surface area contributed by atoms with Crippen LogP contribution < -0.4 is 5.32 Å². The van der Waals surface area contributed by atoms with Crippen LogP contribution in [0.5, 0.6) is 0 Å². The highest BCUT2D eigenvalue weighted by Gasteiger charge is 2.15. The smallest absolute Gasteiger partial charge is 0.237 e. The van der Waals surface area contributed by atoms with Gasteiger partial charge in [-0.25, -0.2) is 9.97 Å². The highest BCUT2D eigenvalue weighted by Crippen LogP contribution is 2.22. The first-order valence-corrected chi connectivity index (χ1v) is 7.81. The van der Waals surface area contributed by atoms with E-state index in [-0.39, 0.29) is 11.2 Å². The van der Waals surface area contributed by atoms with Gasteiger partial charge in [-0.3, -0.25) is 4.79 Å². The maximum Gasteiger partial charge on any atom is 0.237 e. The van der Waals surface area contributed by atoms with Gasteiger partial charge in [0, 0.05) is 11.4 Å². The van der Waals surface area contributed by atoms with Gasteiger partial charge in [-0.2, -0.15) is 0 Å². The molecule has 1 aromatic carbocycles. The molecule has 21 heavy (non-hydrogen) atoms. The van der Waals surface area contributed by atoms with Crippen LogP contribution in [0.15, 0.2) is 41.7 Å². The largest absolute Gasteiger partial charge is 0.325 e. The Morgan fingerprint density at radius 1 is 1.29 bits per heavy atom. The Morgan fingerprint density at radius 2 is 2.00 bits per heavy atom. The minimum atomic E-state index is -0.217. The van der Waals surface area contributed by atoms with Crippen molar-refractivity contribution in [3.8, 4) is 0 Å². The number of aryl methyl sites for hydroxylation is 2. The molecule has 2 aromatic rings. The first-order valence-electron chi connectivity index (χ1n) is 6.93. The summed E-state index contributed by atoms with van der Waals surface area (Å²) in [7, 11) is 0. The lowest BCUT2D eigenvalue weighted by Gasteiger charge is -2.12. The van der Waals surface area contributed by atoms with E-state index in [0.717, 1.165) is 22.8 Å². The average Bonchev–Trinajstić information content (AvgIpc) is 2.48. The summed E-state index contributed by atoms with van der Waals surface area (Å²) >= 11 is 1.43. The zero-order chi connectivity index (χ0) is 15.2. The predicted molar refractivity (Wildman–Crippen MR) is 86.5 cm³/mol. The number of benzene rings is 1. The molecule has 0 bridgehead atoms. The number of nitrogens with one attached hydrogen (secondary N) is 1. The maximum absolute atomic E-state index is 12.2. The minimum Gasteiger partial charge on any atom is -0.325 e. The van der Waals surface area contributed by atoms with Crippen LogP contribution in [0.25, 0.3) is 0 Å². The molecule has 0 saturated heterocycles. The third kappa shape index (κ3) is 4.56. The maximum atomic E-state index is 12.2. The number of carbonyl (C=O) groups is 1. The summed E-state index contributed by atoms with van der Waals surface area (Å²) in [6, 6.07) is 9.80. The van der Waals surface area contributed by atoms with Gasteiger partial charge in [-0.15, -0.1) is 0 Å². The highest BCUT2D eigenvalue weighted by atomic mass is 32.2. The highest BCUT2D eigenvalue weighted by molar-refractivity contribution is 8.00. The first kappa shape index (κ1) is 15.5. The van der Waals surface area contributed by atoms with Crippen molar-refractivity contribution >= 4 is 23.4 Å². The van der Waals surface area contributed by atoms with Crippen LogP contribution in [0.3, 0.4) is 0 Å². The van der Waals surface area contributed by atoms with Crippen molar-refractivity contribution in [1.82, 2.24) is 9.97 Å². The second kappa shape index (κ2) is 7.22. The second-order valence-electron chi connectivity index (χ2n) is 4.80. The van der Waals surface area contributed by atoms with Crippen LogP contribution in [0.1, 0.15) is 25.1 Å². The summed E-state index contributed by atoms with van der Waals surface area (Å²) in [4.78, 5) is 20.4. The van der Waals surface area contributed by atoms with Gasteiger partial charge in [0.1, 0.15) is 11.4 Å². The lowest BCUT2D eigenvalue weighted by molar-refractivity contribution is -0.115. The third-order valence-corrected chi connectivity index (χ3v) is 4.11. The van der Waals surface area contributed by atoms with Gasteiger partial charge in [0.25, 0.3) is 0 Å². The Morgan fingerprint density at radius 3 is 2.62 bits per heavy atom. The van der Waals surface area contributed by atoms with E-state index >= 15 is 0 Å². The van der Waals surface area contributed by atoms with E-state index in [4.69, 9.17) is 0 Å². The first-order chi connectivity index (χ1) is 10.1. The lowest BCUT2D eigenvalue weighted by Crippen LogP contribution is -2.22. The summed E-state index contributed by atoms with van der Waals surface area (Å²) < 4.78 is 0. The molecule has 0 spiro atoms. The van der Waals surface area contributed by atoms with Crippen molar-refractivity contribution in [2.75, 3.05) is 5.32 Å². The molecule has 4 nitrogen and oxygen atoms in total. The molecule has 0 aliphatic rings. The van der Waals surface area contributed by atoms with Crippen LogP contribution in [0.4, 0.5) is 5.69 Å². The summed E-state index contributed by atoms with van der Waals surface area (Å²) in [6.07, 6.45) is 2.51. The van der Waals surface area contributed by atoms with E-state index in [1.54, 1.807) is 0 Å². The number of nitrogens with zero attached hydrogens (tertiary/aromatic N) is 2. The topological polar surface area (TPSA) is 54.9 Å². The van der Waals surface area contributed by atoms with E-state index in [9.17, 15) is 4.79 Å². The summed E-state index contributed by atoms with van der Waals surface area (Å²) in [5, 5.41) is 3.52. The second-order valence-corrected chi connectivity index (χ2v) is 6.16. The molecule has 0 aliphatic heterocycles. The molecular weight excluding hydrogens is 282 g/mol. The van der Waals surface area contributed by atoms with E-state index in [1.807, 2.05) is 44.2 Å². The van der Waals surface area contributed by atoms with Gasteiger partial charge < -0.3 is 5.32 Å². The number of amides is 1. The molecule has 1 heterocycles. The molecule has 5 heteroatoms. The number of hydrogen-bond acceptors (Lipinski definition) is 4. The van der Waals surface area contributed by atoms with Gasteiger partial charge in [0.15, 0.2) is 0 Å². The van der Waals surface area contributed by atoms with Crippen LogP contribution in [0.2, 0.25) is 0 Å². The van der Waals surface area contributed by atoms with Crippen molar-refractivity contribution in [2.45, 2.75) is 37.5 Å². The van der Waals surface area contributed by atoms with Crippen molar-refractivity contribution in [2.24, 2.45) is 0 Å². The van der Waals surface area contributed by atoms with E-state index in [0.29, 0.717) is 0 Å². The minimum absolute atomic E-state index is 0.0273. The molecule has 1 amide bonds. The Hall–Kier alpha value is -1.88. The number of thioether (sulfide) groups is 1. The average molecular weight is 301 g/mol. The number of hydrogen-bond donors (Lipinski definition) is 1. The number of anilines is 1.